The molecule has 5 heteroatoms. The van der Waals surface area contributed by atoms with Crippen LogP contribution in [0.1, 0.15) is 33.4 Å². The maximum atomic E-state index is 11.4. The molecule has 1 heterocycles. The first-order chi connectivity index (χ1) is 7.92. The van der Waals surface area contributed by atoms with Crippen molar-refractivity contribution < 1.29 is 4.21 Å². The normalized spacial score (nSPS) is 13.9. The van der Waals surface area contributed by atoms with Gasteiger partial charge in [-0.3, -0.25) is 4.21 Å². The monoisotopic (exact) mass is 257 g/mol. The highest BCUT2D eigenvalue weighted by molar-refractivity contribution is 7.84. The zero-order valence-corrected chi connectivity index (χ0v) is 12.0. The van der Waals surface area contributed by atoms with Crippen molar-refractivity contribution in [2.75, 3.05) is 11.5 Å². The fraction of sp³-hybridized carbons (Fsp3) is 0.750. The van der Waals surface area contributed by atoms with Crippen LogP contribution in [0.4, 0.5) is 0 Å². The molecule has 4 nitrogen and oxygen atoms in total. The van der Waals surface area contributed by atoms with Crippen molar-refractivity contribution in [2.45, 2.75) is 46.3 Å². The Balaban J connectivity index is 2.51. The van der Waals surface area contributed by atoms with Crippen molar-refractivity contribution in [1.82, 2.24) is 14.9 Å². The van der Waals surface area contributed by atoms with Gasteiger partial charge in [-0.25, -0.2) is 4.98 Å². The van der Waals surface area contributed by atoms with E-state index < -0.39 is 10.8 Å². The van der Waals surface area contributed by atoms with E-state index in [0.29, 0.717) is 5.75 Å². The molecule has 98 valence electrons. The number of hydrogen-bond donors (Lipinski definition) is 1. The summed E-state index contributed by atoms with van der Waals surface area (Å²) in [5.41, 5.74) is 1.24. The smallest absolute Gasteiger partial charge is 0.0948 e. The van der Waals surface area contributed by atoms with E-state index >= 15 is 0 Å². The molecule has 0 fully saturated rings. The summed E-state index contributed by atoms with van der Waals surface area (Å²) in [6.45, 7) is 9.94. The third-order valence-corrected chi connectivity index (χ3v) is 3.76. The molecule has 1 atom stereocenters. The summed E-state index contributed by atoms with van der Waals surface area (Å²) in [6, 6.07) is 0. The molecule has 1 aromatic rings. The summed E-state index contributed by atoms with van der Waals surface area (Å²) < 4.78 is 13.5. The van der Waals surface area contributed by atoms with Crippen LogP contribution in [0.3, 0.4) is 0 Å². The van der Waals surface area contributed by atoms with Gasteiger partial charge in [-0.1, -0.05) is 6.92 Å². The lowest BCUT2D eigenvalue weighted by molar-refractivity contribution is 0.416. The van der Waals surface area contributed by atoms with Crippen molar-refractivity contribution >= 4 is 10.8 Å². The highest BCUT2D eigenvalue weighted by Gasteiger charge is 2.10. The summed E-state index contributed by atoms with van der Waals surface area (Å²) in [5.74, 6) is 1.43. The van der Waals surface area contributed by atoms with Gasteiger partial charge < -0.3 is 9.88 Å². The molecule has 0 aliphatic rings. The van der Waals surface area contributed by atoms with Crippen molar-refractivity contribution in [3.05, 3.63) is 18.2 Å². The molecule has 1 rings (SSSR count). The average Bonchev–Trinajstić information content (AvgIpc) is 2.69. The molecule has 0 aliphatic heterocycles. The molecule has 1 aromatic heterocycles. The molecule has 1 unspecified atom stereocenters. The molecule has 17 heavy (non-hydrogen) atoms. The maximum Gasteiger partial charge on any atom is 0.0948 e. The SMILES string of the molecule is CCS(=O)CCn1cncc1CNC(C)(C)C. The highest BCUT2D eigenvalue weighted by Crippen LogP contribution is 2.04. The Kier molecular flexibility index (Phi) is 5.33. The van der Waals surface area contributed by atoms with Gasteiger partial charge >= 0.3 is 0 Å². The first-order valence-corrected chi connectivity index (χ1v) is 7.50. The van der Waals surface area contributed by atoms with E-state index in [1.807, 2.05) is 19.4 Å². The first kappa shape index (κ1) is 14.4. The Morgan fingerprint density at radius 3 is 2.76 bits per heavy atom. The number of hydrogen-bond acceptors (Lipinski definition) is 3. The lowest BCUT2D eigenvalue weighted by Gasteiger charge is -2.20. The van der Waals surface area contributed by atoms with Crippen LogP contribution >= 0.6 is 0 Å². The standard InChI is InChI=1S/C12H23N3OS/c1-5-17(16)7-6-15-10-13-8-11(15)9-14-12(2,3)4/h8,10,14H,5-7,9H2,1-4H3. The lowest BCUT2D eigenvalue weighted by atomic mass is 10.1. The van der Waals surface area contributed by atoms with E-state index in [9.17, 15) is 4.21 Å². The molecule has 0 aromatic carbocycles. The van der Waals surface area contributed by atoms with Crippen molar-refractivity contribution in [2.24, 2.45) is 0 Å². The van der Waals surface area contributed by atoms with Gasteiger partial charge in [0.1, 0.15) is 0 Å². The molecular weight excluding hydrogens is 234 g/mol. The molecule has 0 radical (unpaired) electrons. The molecule has 0 saturated carbocycles. The van der Waals surface area contributed by atoms with Crippen molar-refractivity contribution in [3.8, 4) is 0 Å². The Morgan fingerprint density at radius 2 is 2.18 bits per heavy atom. The first-order valence-electron chi connectivity index (χ1n) is 6.01. The maximum absolute atomic E-state index is 11.4. The van der Waals surface area contributed by atoms with Gasteiger partial charge in [0, 0.05) is 47.1 Å². The predicted molar refractivity (Wildman–Crippen MR) is 72.4 cm³/mol. The summed E-state index contributed by atoms with van der Waals surface area (Å²) in [4.78, 5) is 4.15. The minimum Gasteiger partial charge on any atom is -0.332 e. The fourth-order valence-electron chi connectivity index (χ4n) is 1.40. The van der Waals surface area contributed by atoms with E-state index in [4.69, 9.17) is 0 Å². The van der Waals surface area contributed by atoms with E-state index in [1.54, 1.807) is 0 Å². The molecular formula is C12H23N3OS. The Hall–Kier alpha value is -0.680. The van der Waals surface area contributed by atoms with Crippen LogP contribution < -0.4 is 5.32 Å². The number of nitrogens with zero attached hydrogens (tertiary/aromatic N) is 2. The van der Waals surface area contributed by atoms with Crippen LogP contribution in [-0.4, -0.2) is 30.8 Å². The van der Waals surface area contributed by atoms with Crippen LogP contribution in [0.2, 0.25) is 0 Å². The molecule has 0 bridgehead atoms. The molecule has 0 saturated heterocycles. The largest absolute Gasteiger partial charge is 0.332 e. The summed E-state index contributed by atoms with van der Waals surface area (Å²) in [5, 5.41) is 3.43. The number of rotatable bonds is 6. The second-order valence-corrected chi connectivity index (χ2v) is 6.98. The lowest BCUT2D eigenvalue weighted by Crippen LogP contribution is -2.35. The fourth-order valence-corrected chi connectivity index (χ4v) is 2.09. The number of nitrogens with one attached hydrogen (secondary N) is 1. The Labute approximate surface area is 106 Å². The van der Waals surface area contributed by atoms with Crippen LogP contribution in [0.25, 0.3) is 0 Å². The summed E-state index contributed by atoms with van der Waals surface area (Å²) in [7, 11) is -0.710. The Morgan fingerprint density at radius 1 is 1.47 bits per heavy atom. The van der Waals surface area contributed by atoms with Crippen LogP contribution in [-0.2, 0) is 23.9 Å². The minimum atomic E-state index is -0.710. The second-order valence-electron chi connectivity index (χ2n) is 5.11. The number of aromatic nitrogens is 2. The van der Waals surface area contributed by atoms with Gasteiger partial charge in [0.25, 0.3) is 0 Å². The molecule has 1 N–H and O–H groups in total. The van der Waals surface area contributed by atoms with Gasteiger partial charge in [0.15, 0.2) is 0 Å². The third kappa shape index (κ3) is 5.46. The predicted octanol–water partition coefficient (Wildman–Crippen LogP) is 1.54. The number of aryl methyl sites for hydroxylation is 1. The van der Waals surface area contributed by atoms with Crippen LogP contribution in [0, 0.1) is 0 Å². The zero-order chi connectivity index (χ0) is 12.9. The summed E-state index contributed by atoms with van der Waals surface area (Å²) >= 11 is 0. The van der Waals surface area contributed by atoms with E-state index in [1.165, 1.54) is 0 Å². The van der Waals surface area contributed by atoms with Gasteiger partial charge in [-0.2, -0.15) is 0 Å². The molecule has 0 amide bonds. The van der Waals surface area contributed by atoms with Gasteiger partial charge in [-0.15, -0.1) is 0 Å². The van der Waals surface area contributed by atoms with Gasteiger partial charge in [0.2, 0.25) is 0 Å². The van der Waals surface area contributed by atoms with Crippen LogP contribution in [0.15, 0.2) is 12.5 Å². The third-order valence-electron chi connectivity index (χ3n) is 2.48. The minimum absolute atomic E-state index is 0.0985. The van der Waals surface area contributed by atoms with Crippen molar-refractivity contribution in [1.29, 1.82) is 0 Å². The zero-order valence-electron chi connectivity index (χ0n) is 11.2. The van der Waals surface area contributed by atoms with Gasteiger partial charge in [0.05, 0.1) is 12.0 Å². The number of imidazole rings is 1. The van der Waals surface area contributed by atoms with Crippen molar-refractivity contribution in [3.63, 3.8) is 0 Å². The van der Waals surface area contributed by atoms with E-state index in [0.717, 1.165) is 24.5 Å². The second kappa shape index (κ2) is 6.31. The van der Waals surface area contributed by atoms with Gasteiger partial charge in [-0.05, 0) is 20.8 Å². The quantitative estimate of drug-likeness (QED) is 0.841. The Bertz CT molecular complexity index is 368. The average molecular weight is 257 g/mol. The van der Waals surface area contributed by atoms with E-state index in [-0.39, 0.29) is 5.54 Å². The van der Waals surface area contributed by atoms with Crippen LogP contribution in [0.5, 0.6) is 0 Å². The van der Waals surface area contributed by atoms with E-state index in [2.05, 4.69) is 35.6 Å². The molecule has 0 spiro atoms. The summed E-state index contributed by atoms with van der Waals surface area (Å²) in [6.07, 6.45) is 3.68. The highest BCUT2D eigenvalue weighted by atomic mass is 32.2. The molecule has 0 aliphatic carbocycles. The topological polar surface area (TPSA) is 46.9 Å².